The zero-order chi connectivity index (χ0) is 13.1. The number of thiophene rings is 1. The van der Waals surface area contributed by atoms with Crippen molar-refractivity contribution in [2.24, 2.45) is 0 Å². The average Bonchev–Trinajstić information content (AvgIpc) is 2.73. The molecule has 18 heavy (non-hydrogen) atoms. The van der Waals surface area contributed by atoms with E-state index in [1.807, 2.05) is 25.1 Å². The van der Waals surface area contributed by atoms with Crippen LogP contribution in [0.2, 0.25) is 0 Å². The van der Waals surface area contributed by atoms with Crippen molar-refractivity contribution in [1.82, 2.24) is 0 Å². The number of carboxylic acid groups (broad SMARTS) is 1. The number of aromatic carboxylic acids is 1. The smallest absolute Gasteiger partial charge is 0.339 e. The molecule has 1 N–H and O–H groups in total. The highest BCUT2D eigenvalue weighted by Crippen LogP contribution is 2.25. The molecule has 5 heteroatoms. The second-order valence-electron chi connectivity index (χ2n) is 3.80. The Hall–Kier alpha value is -1.33. The van der Waals surface area contributed by atoms with Gasteiger partial charge in [-0.05, 0) is 47.1 Å². The molecule has 1 heterocycles. The number of carboxylic acids is 1. The molecule has 0 unspecified atom stereocenters. The minimum absolute atomic E-state index is 0.200. The molecule has 0 atom stereocenters. The molecule has 1 aromatic heterocycles. The monoisotopic (exact) mass is 326 g/mol. The van der Waals surface area contributed by atoms with Gasteiger partial charge >= 0.3 is 5.97 Å². The molecule has 0 amide bonds. The van der Waals surface area contributed by atoms with E-state index >= 15 is 0 Å². The van der Waals surface area contributed by atoms with E-state index in [9.17, 15) is 4.79 Å². The highest BCUT2D eigenvalue weighted by molar-refractivity contribution is 9.11. The number of rotatable bonds is 4. The molecule has 1 aromatic carbocycles. The van der Waals surface area contributed by atoms with Crippen LogP contribution in [0.15, 0.2) is 34.1 Å². The van der Waals surface area contributed by atoms with Crippen LogP contribution in [-0.2, 0) is 6.61 Å². The average molecular weight is 327 g/mol. The first-order valence-electron chi connectivity index (χ1n) is 5.27. The maximum Gasteiger partial charge on any atom is 0.339 e. The zero-order valence-corrected chi connectivity index (χ0v) is 12.0. The molecule has 0 aliphatic rings. The lowest BCUT2D eigenvalue weighted by Gasteiger charge is -2.08. The Morgan fingerprint density at radius 3 is 2.78 bits per heavy atom. The van der Waals surface area contributed by atoms with Crippen LogP contribution in [0.25, 0.3) is 0 Å². The van der Waals surface area contributed by atoms with E-state index < -0.39 is 5.97 Å². The largest absolute Gasteiger partial charge is 0.487 e. The second kappa shape index (κ2) is 5.54. The van der Waals surface area contributed by atoms with Crippen molar-refractivity contribution in [3.63, 3.8) is 0 Å². The molecule has 0 aliphatic carbocycles. The Morgan fingerprint density at radius 2 is 2.17 bits per heavy atom. The summed E-state index contributed by atoms with van der Waals surface area (Å²) in [5.41, 5.74) is 1.10. The van der Waals surface area contributed by atoms with Crippen LogP contribution in [0.5, 0.6) is 5.75 Å². The molecule has 2 rings (SSSR count). The number of hydrogen-bond acceptors (Lipinski definition) is 3. The second-order valence-corrected chi connectivity index (χ2v) is 6.35. The quantitative estimate of drug-likeness (QED) is 0.920. The van der Waals surface area contributed by atoms with Gasteiger partial charge in [0.25, 0.3) is 0 Å². The minimum Gasteiger partial charge on any atom is -0.487 e. The van der Waals surface area contributed by atoms with Gasteiger partial charge in [0.2, 0.25) is 0 Å². The van der Waals surface area contributed by atoms with Gasteiger partial charge in [-0.25, -0.2) is 4.79 Å². The summed E-state index contributed by atoms with van der Waals surface area (Å²) in [5, 5.41) is 9.11. The van der Waals surface area contributed by atoms with Crippen LogP contribution in [0, 0.1) is 6.92 Å². The van der Waals surface area contributed by atoms with Crippen LogP contribution >= 0.6 is 27.3 Å². The first kappa shape index (κ1) is 13.1. The SMILES string of the molecule is Cc1ccc(OCc2ccc(Br)s2)c(C(=O)O)c1. The van der Waals surface area contributed by atoms with Crippen molar-refractivity contribution in [3.8, 4) is 5.75 Å². The highest BCUT2D eigenvalue weighted by atomic mass is 79.9. The molecule has 2 aromatic rings. The first-order chi connectivity index (χ1) is 8.56. The summed E-state index contributed by atoms with van der Waals surface area (Å²) in [7, 11) is 0. The summed E-state index contributed by atoms with van der Waals surface area (Å²) in [6, 6.07) is 9.04. The first-order valence-corrected chi connectivity index (χ1v) is 6.88. The van der Waals surface area contributed by atoms with Crippen LogP contribution in [0.1, 0.15) is 20.8 Å². The fourth-order valence-corrected chi connectivity index (χ4v) is 2.91. The number of ether oxygens (including phenoxy) is 1. The van der Waals surface area contributed by atoms with Crippen molar-refractivity contribution in [1.29, 1.82) is 0 Å². The number of hydrogen-bond donors (Lipinski definition) is 1. The van der Waals surface area contributed by atoms with Gasteiger partial charge in [0.05, 0.1) is 3.79 Å². The summed E-state index contributed by atoms with van der Waals surface area (Å²) >= 11 is 4.94. The number of carbonyl (C=O) groups is 1. The fraction of sp³-hybridized carbons (Fsp3) is 0.154. The van der Waals surface area contributed by atoms with Gasteiger partial charge in [0.1, 0.15) is 17.9 Å². The predicted molar refractivity (Wildman–Crippen MR) is 74.5 cm³/mol. The Morgan fingerprint density at radius 1 is 1.39 bits per heavy atom. The molecular formula is C13H11BrO3S. The van der Waals surface area contributed by atoms with Crippen LogP contribution < -0.4 is 4.74 Å². The lowest BCUT2D eigenvalue weighted by atomic mass is 10.1. The van der Waals surface area contributed by atoms with Crippen LogP contribution in [-0.4, -0.2) is 11.1 Å². The summed E-state index contributed by atoms with van der Waals surface area (Å²) in [6.45, 7) is 2.23. The molecule has 0 aliphatic heterocycles. The van der Waals surface area contributed by atoms with Gasteiger partial charge in [-0.15, -0.1) is 11.3 Å². The van der Waals surface area contributed by atoms with E-state index in [1.165, 1.54) is 0 Å². The summed E-state index contributed by atoms with van der Waals surface area (Å²) in [4.78, 5) is 12.1. The topological polar surface area (TPSA) is 46.5 Å². The van der Waals surface area contributed by atoms with Gasteiger partial charge < -0.3 is 9.84 Å². The predicted octanol–water partition coefficient (Wildman–Crippen LogP) is 4.10. The Kier molecular flexibility index (Phi) is 4.04. The van der Waals surface area contributed by atoms with Crippen molar-refractivity contribution < 1.29 is 14.6 Å². The summed E-state index contributed by atoms with van der Waals surface area (Å²) in [5.74, 6) is -0.571. The van der Waals surface area contributed by atoms with E-state index in [0.717, 1.165) is 14.2 Å². The van der Waals surface area contributed by atoms with E-state index in [0.29, 0.717) is 12.4 Å². The summed E-state index contributed by atoms with van der Waals surface area (Å²) < 4.78 is 6.59. The van der Waals surface area contributed by atoms with Crippen molar-refractivity contribution in [3.05, 3.63) is 50.1 Å². The van der Waals surface area contributed by atoms with Crippen molar-refractivity contribution in [2.75, 3.05) is 0 Å². The van der Waals surface area contributed by atoms with Crippen molar-refractivity contribution in [2.45, 2.75) is 13.5 Å². The number of halogens is 1. The molecule has 0 spiro atoms. The maximum atomic E-state index is 11.1. The number of aryl methyl sites for hydroxylation is 1. The lowest BCUT2D eigenvalue weighted by molar-refractivity contribution is 0.0691. The Balaban J connectivity index is 2.16. The van der Waals surface area contributed by atoms with Gasteiger partial charge in [-0.1, -0.05) is 11.6 Å². The van der Waals surface area contributed by atoms with Crippen molar-refractivity contribution >= 4 is 33.2 Å². The molecule has 0 saturated carbocycles. The summed E-state index contributed by atoms with van der Waals surface area (Å²) in [6.07, 6.45) is 0. The third-order valence-corrected chi connectivity index (χ3v) is 3.96. The molecule has 3 nitrogen and oxygen atoms in total. The molecular weight excluding hydrogens is 316 g/mol. The molecule has 0 radical (unpaired) electrons. The van der Waals surface area contributed by atoms with Gasteiger partial charge in [-0.3, -0.25) is 0 Å². The zero-order valence-electron chi connectivity index (χ0n) is 9.64. The van der Waals surface area contributed by atoms with E-state index in [-0.39, 0.29) is 5.56 Å². The van der Waals surface area contributed by atoms with E-state index in [1.54, 1.807) is 23.5 Å². The van der Waals surface area contributed by atoms with Crippen LogP contribution in [0.3, 0.4) is 0 Å². The minimum atomic E-state index is -0.971. The highest BCUT2D eigenvalue weighted by Gasteiger charge is 2.11. The fourth-order valence-electron chi connectivity index (χ4n) is 1.52. The molecule has 94 valence electrons. The van der Waals surface area contributed by atoms with E-state index in [2.05, 4.69) is 15.9 Å². The molecule has 0 saturated heterocycles. The standard InChI is InChI=1S/C13H11BrO3S/c1-8-2-4-11(10(6-8)13(15)16)17-7-9-3-5-12(14)18-9/h2-6H,7H2,1H3,(H,15,16). The third-order valence-electron chi connectivity index (χ3n) is 2.36. The van der Waals surface area contributed by atoms with Gasteiger partial charge in [-0.2, -0.15) is 0 Å². The van der Waals surface area contributed by atoms with Crippen LogP contribution in [0.4, 0.5) is 0 Å². The van der Waals surface area contributed by atoms with Gasteiger partial charge in [0.15, 0.2) is 0 Å². The molecule has 0 fully saturated rings. The van der Waals surface area contributed by atoms with E-state index in [4.69, 9.17) is 9.84 Å². The molecule has 0 bridgehead atoms. The maximum absolute atomic E-state index is 11.1. The lowest BCUT2D eigenvalue weighted by Crippen LogP contribution is -2.03. The third kappa shape index (κ3) is 3.11. The van der Waals surface area contributed by atoms with Gasteiger partial charge in [0, 0.05) is 4.88 Å². The Labute approximate surface area is 117 Å². The normalized spacial score (nSPS) is 10.3. The number of benzene rings is 1. The Bertz CT molecular complexity index is 577.